The van der Waals surface area contributed by atoms with Gasteiger partial charge in [0, 0.05) is 18.7 Å². The maximum Gasteiger partial charge on any atom is 0.307 e. The van der Waals surface area contributed by atoms with Crippen LogP contribution in [0.4, 0.5) is 0 Å². The zero-order chi connectivity index (χ0) is 14.5. The number of rotatable bonds is 6. The van der Waals surface area contributed by atoms with E-state index in [0.29, 0.717) is 12.8 Å². The second-order valence-electron chi connectivity index (χ2n) is 5.02. The number of carboxylic acid groups (broad SMARTS) is 1. The number of carbonyl (C=O) groups is 1. The van der Waals surface area contributed by atoms with Crippen LogP contribution >= 0.6 is 0 Å². The summed E-state index contributed by atoms with van der Waals surface area (Å²) < 4.78 is 1.89. The number of hydrogen-bond acceptors (Lipinski definition) is 2. The molecule has 4 nitrogen and oxygen atoms in total. The summed E-state index contributed by atoms with van der Waals surface area (Å²) in [5.41, 5.74) is 2.98. The average Bonchev–Trinajstić information content (AvgIpc) is 2.79. The van der Waals surface area contributed by atoms with Gasteiger partial charge >= 0.3 is 5.97 Å². The summed E-state index contributed by atoms with van der Waals surface area (Å²) in [6, 6.07) is 11.7. The van der Waals surface area contributed by atoms with Gasteiger partial charge in [-0.3, -0.25) is 9.48 Å². The molecule has 2 rings (SSSR count). The summed E-state index contributed by atoms with van der Waals surface area (Å²) >= 11 is 0. The van der Waals surface area contributed by atoms with E-state index in [2.05, 4.69) is 5.10 Å². The molecule has 0 saturated heterocycles. The van der Waals surface area contributed by atoms with Crippen LogP contribution in [0.3, 0.4) is 0 Å². The summed E-state index contributed by atoms with van der Waals surface area (Å²) in [5.74, 6) is -1.17. The van der Waals surface area contributed by atoms with Gasteiger partial charge in [-0.25, -0.2) is 0 Å². The van der Waals surface area contributed by atoms with Crippen molar-refractivity contribution < 1.29 is 9.90 Å². The Morgan fingerprint density at radius 1 is 1.30 bits per heavy atom. The second kappa shape index (κ2) is 6.37. The lowest BCUT2D eigenvalue weighted by atomic mass is 9.95. The number of hydrogen-bond donors (Lipinski definition) is 1. The van der Waals surface area contributed by atoms with Gasteiger partial charge in [0.05, 0.1) is 11.6 Å². The monoisotopic (exact) mass is 272 g/mol. The minimum Gasteiger partial charge on any atom is -0.481 e. The Hall–Kier alpha value is -2.10. The van der Waals surface area contributed by atoms with E-state index in [1.165, 1.54) is 0 Å². The van der Waals surface area contributed by atoms with Crippen LogP contribution in [0.15, 0.2) is 36.4 Å². The molecule has 106 valence electrons. The van der Waals surface area contributed by atoms with Gasteiger partial charge in [-0.05, 0) is 31.9 Å². The molecule has 0 fully saturated rings. The van der Waals surface area contributed by atoms with Crippen molar-refractivity contribution in [3.8, 4) is 0 Å². The summed E-state index contributed by atoms with van der Waals surface area (Å²) in [7, 11) is 0. The summed E-state index contributed by atoms with van der Waals surface area (Å²) in [6.45, 7) is 4.71. The Kier molecular flexibility index (Phi) is 4.56. The normalized spacial score (nSPS) is 12.3. The quantitative estimate of drug-likeness (QED) is 0.879. The van der Waals surface area contributed by atoms with Gasteiger partial charge in [-0.2, -0.15) is 5.10 Å². The summed E-state index contributed by atoms with van der Waals surface area (Å²) in [4.78, 5) is 11.5. The molecular weight excluding hydrogens is 252 g/mol. The largest absolute Gasteiger partial charge is 0.481 e. The van der Waals surface area contributed by atoms with Crippen molar-refractivity contribution in [3.05, 3.63) is 53.3 Å². The van der Waals surface area contributed by atoms with E-state index in [1.54, 1.807) is 0 Å². The minimum atomic E-state index is -0.754. The Labute approximate surface area is 119 Å². The highest BCUT2D eigenvalue weighted by molar-refractivity contribution is 5.70. The van der Waals surface area contributed by atoms with Crippen LogP contribution in [-0.2, 0) is 24.2 Å². The molecule has 0 spiro atoms. The van der Waals surface area contributed by atoms with E-state index in [4.69, 9.17) is 0 Å². The van der Waals surface area contributed by atoms with Gasteiger partial charge in [0.2, 0.25) is 0 Å². The highest BCUT2D eigenvalue weighted by Crippen LogP contribution is 2.16. The molecule has 0 aliphatic rings. The molecule has 0 aliphatic carbocycles. The first kappa shape index (κ1) is 14.3. The molecule has 1 N–H and O–H groups in total. The smallest absolute Gasteiger partial charge is 0.307 e. The van der Waals surface area contributed by atoms with Gasteiger partial charge in [0.1, 0.15) is 0 Å². The molecule has 1 unspecified atom stereocenters. The number of nitrogens with zero attached hydrogens (tertiary/aromatic N) is 2. The molecule has 1 aromatic heterocycles. The molecule has 1 aromatic carbocycles. The van der Waals surface area contributed by atoms with Crippen molar-refractivity contribution in [3.63, 3.8) is 0 Å². The Bertz CT molecular complexity index is 575. The Morgan fingerprint density at radius 2 is 2.00 bits per heavy atom. The second-order valence-corrected chi connectivity index (χ2v) is 5.02. The number of aliphatic carboxylic acids is 1. The lowest BCUT2D eigenvalue weighted by Crippen LogP contribution is -2.21. The lowest BCUT2D eigenvalue weighted by Gasteiger charge is -2.13. The standard InChI is InChI=1S/C16H20N2O2/c1-3-18-15(9-12(2)17-18)11-14(16(19)20)10-13-7-5-4-6-8-13/h4-9,14H,3,10-11H2,1-2H3,(H,19,20). The van der Waals surface area contributed by atoms with Crippen LogP contribution in [0.5, 0.6) is 0 Å². The summed E-state index contributed by atoms with van der Waals surface area (Å²) in [5, 5.41) is 13.8. The van der Waals surface area contributed by atoms with Gasteiger partial charge in [0.15, 0.2) is 0 Å². The third-order valence-corrected chi connectivity index (χ3v) is 3.41. The van der Waals surface area contributed by atoms with Crippen molar-refractivity contribution in [2.75, 3.05) is 0 Å². The third kappa shape index (κ3) is 3.47. The first-order valence-electron chi connectivity index (χ1n) is 6.90. The maximum atomic E-state index is 11.5. The molecular formula is C16H20N2O2. The zero-order valence-electron chi connectivity index (χ0n) is 11.9. The number of carboxylic acids is 1. The minimum absolute atomic E-state index is 0.418. The average molecular weight is 272 g/mol. The fourth-order valence-corrected chi connectivity index (χ4v) is 2.44. The van der Waals surface area contributed by atoms with Crippen molar-refractivity contribution in [1.82, 2.24) is 9.78 Å². The third-order valence-electron chi connectivity index (χ3n) is 3.41. The van der Waals surface area contributed by atoms with Crippen LogP contribution in [0.1, 0.15) is 23.9 Å². The topological polar surface area (TPSA) is 55.1 Å². The van der Waals surface area contributed by atoms with Crippen LogP contribution in [0.2, 0.25) is 0 Å². The van der Waals surface area contributed by atoms with E-state index in [0.717, 1.165) is 23.5 Å². The van der Waals surface area contributed by atoms with E-state index in [-0.39, 0.29) is 0 Å². The lowest BCUT2D eigenvalue weighted by molar-refractivity contribution is -0.141. The molecule has 0 radical (unpaired) electrons. The van der Waals surface area contributed by atoms with E-state index in [9.17, 15) is 9.90 Å². The molecule has 0 saturated carbocycles. The fourth-order valence-electron chi connectivity index (χ4n) is 2.44. The zero-order valence-corrected chi connectivity index (χ0v) is 11.9. The van der Waals surface area contributed by atoms with E-state index < -0.39 is 11.9 Å². The van der Waals surface area contributed by atoms with E-state index >= 15 is 0 Å². The van der Waals surface area contributed by atoms with Crippen molar-refractivity contribution in [1.29, 1.82) is 0 Å². The first-order valence-corrected chi connectivity index (χ1v) is 6.90. The van der Waals surface area contributed by atoms with Crippen molar-refractivity contribution >= 4 is 5.97 Å². The first-order chi connectivity index (χ1) is 9.60. The van der Waals surface area contributed by atoms with Gasteiger partial charge in [0.25, 0.3) is 0 Å². The predicted molar refractivity (Wildman–Crippen MR) is 77.6 cm³/mol. The molecule has 4 heteroatoms. The van der Waals surface area contributed by atoms with E-state index in [1.807, 2.05) is 54.9 Å². The Balaban J connectivity index is 2.15. The number of aromatic nitrogens is 2. The highest BCUT2D eigenvalue weighted by atomic mass is 16.4. The SMILES string of the molecule is CCn1nc(C)cc1CC(Cc1ccccc1)C(=O)O. The van der Waals surface area contributed by atoms with Gasteiger partial charge in [-0.1, -0.05) is 30.3 Å². The Morgan fingerprint density at radius 3 is 2.60 bits per heavy atom. The molecule has 0 aliphatic heterocycles. The fraction of sp³-hybridized carbons (Fsp3) is 0.375. The van der Waals surface area contributed by atoms with Crippen LogP contribution < -0.4 is 0 Å². The highest BCUT2D eigenvalue weighted by Gasteiger charge is 2.20. The van der Waals surface area contributed by atoms with Gasteiger partial charge < -0.3 is 5.11 Å². The molecule has 1 atom stereocenters. The number of aryl methyl sites for hydroxylation is 2. The van der Waals surface area contributed by atoms with Crippen LogP contribution in [0.25, 0.3) is 0 Å². The van der Waals surface area contributed by atoms with Crippen LogP contribution in [0, 0.1) is 12.8 Å². The molecule has 0 bridgehead atoms. The molecule has 1 heterocycles. The summed E-state index contributed by atoms with van der Waals surface area (Å²) in [6.07, 6.45) is 1.06. The van der Waals surface area contributed by atoms with Gasteiger partial charge in [-0.15, -0.1) is 0 Å². The molecule has 0 amide bonds. The van der Waals surface area contributed by atoms with Crippen molar-refractivity contribution in [2.24, 2.45) is 5.92 Å². The van der Waals surface area contributed by atoms with Crippen molar-refractivity contribution in [2.45, 2.75) is 33.2 Å². The molecule has 2 aromatic rings. The number of benzene rings is 1. The maximum absolute atomic E-state index is 11.5. The molecule has 20 heavy (non-hydrogen) atoms. The predicted octanol–water partition coefficient (Wildman–Crippen LogP) is 2.70. The van der Waals surface area contributed by atoms with Crippen LogP contribution in [-0.4, -0.2) is 20.9 Å².